The van der Waals surface area contributed by atoms with Gasteiger partial charge in [-0.1, -0.05) is 6.07 Å². The lowest BCUT2D eigenvalue weighted by molar-refractivity contribution is 0.0626. The van der Waals surface area contributed by atoms with E-state index in [0.717, 1.165) is 35.0 Å². The van der Waals surface area contributed by atoms with Crippen molar-refractivity contribution in [2.24, 2.45) is 0 Å². The molecule has 0 aliphatic carbocycles. The fraction of sp³-hybridized carbons (Fsp3) is 0.421. The number of hydrogen-bond acceptors (Lipinski definition) is 5. The van der Waals surface area contributed by atoms with E-state index in [0.29, 0.717) is 18.0 Å². The third-order valence-corrected chi connectivity index (χ3v) is 5.72. The first-order valence-electron chi connectivity index (χ1n) is 8.92. The average molecular weight is 335 g/mol. The van der Waals surface area contributed by atoms with Crippen LogP contribution in [0.15, 0.2) is 36.5 Å². The third-order valence-electron chi connectivity index (χ3n) is 5.72. The third kappa shape index (κ3) is 2.66. The molecular weight excluding hydrogens is 314 g/mol. The number of fused-ring (bicyclic) bond motifs is 3. The Morgan fingerprint density at radius 3 is 2.68 bits per heavy atom. The van der Waals surface area contributed by atoms with Crippen molar-refractivity contribution in [2.45, 2.75) is 43.9 Å². The highest BCUT2D eigenvalue weighted by Crippen LogP contribution is 2.35. The Bertz CT molecular complexity index is 876. The van der Waals surface area contributed by atoms with Crippen LogP contribution in [0.1, 0.15) is 25.7 Å². The normalized spacial score (nSPS) is 26.2. The summed E-state index contributed by atoms with van der Waals surface area (Å²) in [6.45, 7) is 0. The highest BCUT2D eigenvalue weighted by atomic mass is 16.5. The number of H-pyrrole nitrogens is 1. The first-order valence-corrected chi connectivity index (χ1v) is 8.92. The number of piperidine rings is 1. The molecule has 2 atom stereocenters. The van der Waals surface area contributed by atoms with Gasteiger partial charge >= 0.3 is 0 Å². The molecule has 0 amide bonds. The zero-order chi connectivity index (χ0) is 16.8. The van der Waals surface area contributed by atoms with E-state index >= 15 is 0 Å². The minimum atomic E-state index is 0.260. The summed E-state index contributed by atoms with van der Waals surface area (Å²) in [5.74, 6) is 0.627. The Morgan fingerprint density at radius 2 is 1.92 bits per heavy atom. The van der Waals surface area contributed by atoms with E-state index in [1.807, 2.05) is 30.5 Å². The standard InChI is InChI=1S/C19H21N5O/c1-24-14-3-4-15(24)10-16(9-14)25-19-7-6-17(22-23-19)12-2-5-18-13(8-12)11-20-21-18/h2,5-8,11,14-16H,3-4,9-10H2,1H3,(H,20,21). The second-order valence-electron chi connectivity index (χ2n) is 7.19. The monoisotopic (exact) mass is 335 g/mol. The fourth-order valence-corrected chi connectivity index (χ4v) is 4.27. The molecule has 6 heteroatoms. The second-order valence-corrected chi connectivity index (χ2v) is 7.19. The van der Waals surface area contributed by atoms with Crippen LogP contribution in [0.25, 0.3) is 22.2 Å². The zero-order valence-electron chi connectivity index (χ0n) is 14.2. The number of nitrogens with zero attached hydrogens (tertiary/aromatic N) is 4. The molecule has 6 nitrogen and oxygen atoms in total. The number of nitrogens with one attached hydrogen (secondary N) is 1. The van der Waals surface area contributed by atoms with Crippen molar-refractivity contribution >= 4 is 10.9 Å². The second kappa shape index (κ2) is 5.81. The van der Waals surface area contributed by atoms with Crippen LogP contribution in [-0.2, 0) is 0 Å². The van der Waals surface area contributed by atoms with Crippen molar-refractivity contribution < 1.29 is 4.74 Å². The molecule has 2 unspecified atom stereocenters. The van der Waals surface area contributed by atoms with Gasteiger partial charge in [-0.15, -0.1) is 10.2 Å². The Balaban J connectivity index is 1.31. The van der Waals surface area contributed by atoms with Gasteiger partial charge in [0.1, 0.15) is 6.10 Å². The minimum absolute atomic E-state index is 0.260. The summed E-state index contributed by atoms with van der Waals surface area (Å²) < 4.78 is 6.12. The van der Waals surface area contributed by atoms with E-state index in [9.17, 15) is 0 Å². The predicted octanol–water partition coefficient (Wildman–Crippen LogP) is 3.02. The van der Waals surface area contributed by atoms with Crippen LogP contribution < -0.4 is 4.74 Å². The predicted molar refractivity (Wildman–Crippen MR) is 95.3 cm³/mol. The summed E-state index contributed by atoms with van der Waals surface area (Å²) in [5, 5.41) is 16.7. The van der Waals surface area contributed by atoms with Gasteiger partial charge in [0.25, 0.3) is 0 Å². The average Bonchev–Trinajstić information content (AvgIpc) is 3.16. The van der Waals surface area contributed by atoms with Crippen molar-refractivity contribution in [3.63, 3.8) is 0 Å². The Kier molecular flexibility index (Phi) is 3.45. The van der Waals surface area contributed by atoms with Gasteiger partial charge in [-0.05, 0) is 50.9 Å². The molecule has 4 heterocycles. The Morgan fingerprint density at radius 1 is 1.08 bits per heavy atom. The molecule has 0 spiro atoms. The molecule has 0 saturated carbocycles. The first kappa shape index (κ1) is 14.8. The van der Waals surface area contributed by atoms with Crippen LogP contribution >= 0.6 is 0 Å². The molecule has 128 valence electrons. The van der Waals surface area contributed by atoms with E-state index in [-0.39, 0.29) is 6.10 Å². The summed E-state index contributed by atoms with van der Waals surface area (Å²) in [7, 11) is 2.24. The molecule has 5 rings (SSSR count). The number of rotatable bonds is 3. The number of benzene rings is 1. The van der Waals surface area contributed by atoms with E-state index in [1.165, 1.54) is 12.8 Å². The molecular formula is C19H21N5O. The molecule has 2 saturated heterocycles. The Labute approximate surface area is 146 Å². The summed E-state index contributed by atoms with van der Waals surface area (Å²) >= 11 is 0. The number of aromatic amines is 1. The van der Waals surface area contributed by atoms with E-state index in [1.54, 1.807) is 0 Å². The van der Waals surface area contributed by atoms with E-state index in [4.69, 9.17) is 4.74 Å². The van der Waals surface area contributed by atoms with Crippen LogP contribution in [0.3, 0.4) is 0 Å². The first-order chi connectivity index (χ1) is 12.3. The molecule has 2 aliphatic heterocycles. The van der Waals surface area contributed by atoms with Crippen molar-refractivity contribution in [1.82, 2.24) is 25.3 Å². The van der Waals surface area contributed by atoms with Crippen LogP contribution in [0, 0.1) is 0 Å². The smallest absolute Gasteiger partial charge is 0.233 e. The topological polar surface area (TPSA) is 66.9 Å². The van der Waals surface area contributed by atoms with Crippen LogP contribution in [0.4, 0.5) is 0 Å². The summed E-state index contributed by atoms with van der Waals surface area (Å²) in [5.41, 5.74) is 2.90. The van der Waals surface area contributed by atoms with E-state index in [2.05, 4.69) is 38.4 Å². The summed E-state index contributed by atoms with van der Waals surface area (Å²) in [4.78, 5) is 2.51. The van der Waals surface area contributed by atoms with Crippen LogP contribution in [0.5, 0.6) is 5.88 Å². The molecule has 3 aromatic rings. The molecule has 2 aromatic heterocycles. The van der Waals surface area contributed by atoms with Gasteiger partial charge in [0.05, 0.1) is 17.4 Å². The molecule has 2 aliphatic rings. The maximum atomic E-state index is 6.12. The summed E-state index contributed by atoms with van der Waals surface area (Å²) in [6, 6.07) is 11.3. The van der Waals surface area contributed by atoms with Gasteiger partial charge in [-0.25, -0.2) is 0 Å². The number of ether oxygens (including phenoxy) is 1. The van der Waals surface area contributed by atoms with Crippen LogP contribution in [-0.4, -0.2) is 50.5 Å². The maximum absolute atomic E-state index is 6.12. The van der Waals surface area contributed by atoms with Gasteiger partial charge in [-0.2, -0.15) is 5.10 Å². The van der Waals surface area contributed by atoms with Crippen LogP contribution in [0.2, 0.25) is 0 Å². The quantitative estimate of drug-likeness (QED) is 0.797. The molecule has 0 radical (unpaired) electrons. The molecule has 2 fully saturated rings. The maximum Gasteiger partial charge on any atom is 0.233 e. The summed E-state index contributed by atoms with van der Waals surface area (Å²) in [6.07, 6.45) is 6.85. The number of hydrogen-bond donors (Lipinski definition) is 1. The van der Waals surface area contributed by atoms with Crippen molar-refractivity contribution in [3.8, 4) is 17.1 Å². The van der Waals surface area contributed by atoms with Crippen molar-refractivity contribution in [3.05, 3.63) is 36.5 Å². The minimum Gasteiger partial charge on any atom is -0.473 e. The van der Waals surface area contributed by atoms with Gasteiger partial charge in [0.2, 0.25) is 5.88 Å². The van der Waals surface area contributed by atoms with Gasteiger partial charge in [0.15, 0.2) is 0 Å². The lowest BCUT2D eigenvalue weighted by atomic mass is 10.0. The zero-order valence-corrected chi connectivity index (χ0v) is 14.2. The molecule has 1 aromatic carbocycles. The molecule has 2 bridgehead atoms. The van der Waals surface area contributed by atoms with E-state index < -0.39 is 0 Å². The van der Waals surface area contributed by atoms with Gasteiger partial charge < -0.3 is 9.64 Å². The largest absolute Gasteiger partial charge is 0.473 e. The Hall–Kier alpha value is -2.47. The van der Waals surface area contributed by atoms with Gasteiger partial charge in [-0.3, -0.25) is 5.10 Å². The lowest BCUT2D eigenvalue weighted by Gasteiger charge is -2.35. The van der Waals surface area contributed by atoms with Gasteiger partial charge in [0, 0.05) is 29.1 Å². The number of aromatic nitrogens is 4. The lowest BCUT2D eigenvalue weighted by Crippen LogP contribution is -2.43. The highest BCUT2D eigenvalue weighted by molar-refractivity contribution is 5.83. The van der Waals surface area contributed by atoms with Crippen molar-refractivity contribution in [1.29, 1.82) is 0 Å². The highest BCUT2D eigenvalue weighted by Gasteiger charge is 2.39. The molecule has 1 N–H and O–H groups in total. The SMILES string of the molecule is CN1C2CCC1CC(Oc1ccc(-c3ccc4[nH]ncc4c3)nn1)C2. The fourth-order valence-electron chi connectivity index (χ4n) is 4.27. The van der Waals surface area contributed by atoms with Crippen molar-refractivity contribution in [2.75, 3.05) is 7.05 Å². The molecule has 25 heavy (non-hydrogen) atoms.